The van der Waals surface area contributed by atoms with Crippen LogP contribution in [0.3, 0.4) is 0 Å². The zero-order valence-corrected chi connectivity index (χ0v) is 6.98. The van der Waals surface area contributed by atoms with Gasteiger partial charge in [0.05, 0.1) is 0 Å². The van der Waals surface area contributed by atoms with Gasteiger partial charge in [-0.25, -0.2) is 0 Å². The van der Waals surface area contributed by atoms with Gasteiger partial charge in [-0.05, 0) is 12.1 Å². The molecule has 0 N–H and O–H groups in total. The maximum absolute atomic E-state index is 3.31. The quantitative estimate of drug-likeness (QED) is 0.608. The fraction of sp³-hybridized carbons (Fsp3) is 0. The number of hydrogen-bond acceptors (Lipinski definition) is 0. The van der Waals surface area contributed by atoms with E-state index in [9.17, 15) is 0 Å². The van der Waals surface area contributed by atoms with Crippen LogP contribution in [-0.2, 0) is 0 Å². The van der Waals surface area contributed by atoms with E-state index in [1.54, 1.807) is 0 Å². The summed E-state index contributed by atoms with van der Waals surface area (Å²) in [5.74, 6) is 0. The third kappa shape index (κ3) is 9.42. The fourth-order valence-corrected chi connectivity index (χ4v) is 0.720. The van der Waals surface area contributed by atoms with Gasteiger partial charge in [-0.2, -0.15) is 0 Å². The monoisotopic (exact) mass is 236 g/mol. The molecular weight excluding hydrogens is 228 g/mol. The van der Waals surface area contributed by atoms with Gasteiger partial charge in [-0.15, -0.1) is 0 Å². The topological polar surface area (TPSA) is 0 Å². The SMILES string of the molecule is Brc1ccccc1.F.F.F.F. The van der Waals surface area contributed by atoms with Gasteiger partial charge in [0.1, 0.15) is 0 Å². The van der Waals surface area contributed by atoms with Crippen LogP contribution in [0.25, 0.3) is 0 Å². The van der Waals surface area contributed by atoms with E-state index in [2.05, 4.69) is 15.9 Å². The first-order valence-electron chi connectivity index (χ1n) is 2.10. The predicted molar refractivity (Wildman–Crippen MR) is 44.2 cm³/mol. The highest BCUT2D eigenvalue weighted by Gasteiger charge is 1.74. The number of halogens is 5. The molecule has 0 spiro atoms. The molecule has 0 radical (unpaired) electrons. The van der Waals surface area contributed by atoms with Gasteiger partial charge >= 0.3 is 0 Å². The van der Waals surface area contributed by atoms with E-state index in [1.807, 2.05) is 30.3 Å². The first-order valence-corrected chi connectivity index (χ1v) is 2.89. The molecule has 0 aliphatic carbocycles. The highest BCUT2D eigenvalue weighted by Crippen LogP contribution is 2.05. The van der Waals surface area contributed by atoms with Crippen LogP contribution < -0.4 is 0 Å². The molecule has 0 aliphatic heterocycles. The lowest BCUT2D eigenvalue weighted by molar-refractivity contribution is 1.11. The first-order chi connectivity index (χ1) is 3.39. The highest BCUT2D eigenvalue weighted by molar-refractivity contribution is 9.10. The lowest BCUT2D eigenvalue weighted by Gasteiger charge is -1.80. The van der Waals surface area contributed by atoms with Crippen LogP contribution in [0.5, 0.6) is 0 Å². The molecule has 0 saturated heterocycles. The van der Waals surface area contributed by atoms with E-state index in [1.165, 1.54) is 0 Å². The Morgan fingerprint density at radius 3 is 1.27 bits per heavy atom. The fourth-order valence-electron chi connectivity index (χ4n) is 0.415. The summed E-state index contributed by atoms with van der Waals surface area (Å²) in [5, 5.41) is 0. The van der Waals surface area contributed by atoms with Gasteiger partial charge in [-0.3, -0.25) is 18.8 Å². The Hall–Kier alpha value is -0.580. The van der Waals surface area contributed by atoms with Crippen LogP contribution in [0, 0.1) is 0 Å². The second-order valence-electron chi connectivity index (χ2n) is 1.30. The Morgan fingerprint density at radius 1 is 0.727 bits per heavy atom. The summed E-state index contributed by atoms with van der Waals surface area (Å²) in [7, 11) is 0. The number of hydrogen-bond donors (Lipinski definition) is 0. The van der Waals surface area contributed by atoms with Crippen LogP contribution >= 0.6 is 15.9 Å². The smallest absolute Gasteiger partial charge is 0.0175 e. The molecule has 0 aliphatic rings. The standard InChI is InChI=1S/C6H5Br.4FH/c7-6-4-2-1-3-5-6;;;;/h1-5H;4*1H. The molecule has 1 aromatic rings. The lowest BCUT2D eigenvalue weighted by Crippen LogP contribution is -1.55. The molecule has 1 aromatic carbocycles. The first kappa shape index (κ1) is 22.4. The van der Waals surface area contributed by atoms with Crippen molar-refractivity contribution in [3.8, 4) is 0 Å². The third-order valence-corrected chi connectivity index (χ3v) is 1.26. The Bertz CT molecular complexity index is 145. The minimum atomic E-state index is 0. The molecule has 11 heavy (non-hydrogen) atoms. The van der Waals surface area contributed by atoms with Crippen molar-refractivity contribution in [1.82, 2.24) is 0 Å². The molecule has 0 amide bonds. The van der Waals surface area contributed by atoms with E-state index in [0.717, 1.165) is 4.47 Å². The van der Waals surface area contributed by atoms with Crippen molar-refractivity contribution < 1.29 is 18.8 Å². The van der Waals surface area contributed by atoms with Crippen molar-refractivity contribution in [1.29, 1.82) is 0 Å². The summed E-state index contributed by atoms with van der Waals surface area (Å²) in [6, 6.07) is 9.97. The van der Waals surface area contributed by atoms with Gasteiger partial charge in [0.2, 0.25) is 0 Å². The van der Waals surface area contributed by atoms with Crippen LogP contribution in [-0.4, -0.2) is 0 Å². The summed E-state index contributed by atoms with van der Waals surface area (Å²) in [5.41, 5.74) is 0. The molecule has 0 unspecified atom stereocenters. The summed E-state index contributed by atoms with van der Waals surface area (Å²) in [4.78, 5) is 0. The molecule has 0 atom stereocenters. The molecule has 68 valence electrons. The molecule has 0 nitrogen and oxygen atoms in total. The van der Waals surface area contributed by atoms with Gasteiger partial charge in [0, 0.05) is 4.47 Å². The Kier molecular flexibility index (Phi) is 24.7. The van der Waals surface area contributed by atoms with Gasteiger partial charge in [-0.1, -0.05) is 34.1 Å². The molecule has 0 fully saturated rings. The van der Waals surface area contributed by atoms with E-state index < -0.39 is 0 Å². The Morgan fingerprint density at radius 2 is 1.09 bits per heavy atom. The summed E-state index contributed by atoms with van der Waals surface area (Å²) in [6.07, 6.45) is 0. The minimum absolute atomic E-state index is 0. The highest BCUT2D eigenvalue weighted by atomic mass is 79.9. The maximum atomic E-state index is 3.31. The maximum Gasteiger partial charge on any atom is 0.0175 e. The normalized spacial score (nSPS) is 5.55. The van der Waals surface area contributed by atoms with Crippen molar-refractivity contribution >= 4 is 15.9 Å². The van der Waals surface area contributed by atoms with E-state index in [0.29, 0.717) is 0 Å². The number of rotatable bonds is 0. The zero-order chi connectivity index (χ0) is 5.11. The summed E-state index contributed by atoms with van der Waals surface area (Å²) >= 11 is 3.31. The predicted octanol–water partition coefficient (Wildman–Crippen LogP) is 3.06. The number of benzene rings is 1. The van der Waals surface area contributed by atoms with Gasteiger partial charge in [0.25, 0.3) is 0 Å². The van der Waals surface area contributed by atoms with Crippen molar-refractivity contribution in [3.05, 3.63) is 34.8 Å². The van der Waals surface area contributed by atoms with Crippen molar-refractivity contribution in [2.45, 2.75) is 0 Å². The van der Waals surface area contributed by atoms with Crippen LogP contribution in [0.15, 0.2) is 34.8 Å². The third-order valence-electron chi connectivity index (χ3n) is 0.733. The average Bonchev–Trinajstić information content (AvgIpc) is 1.69. The minimum Gasteiger partial charge on any atom is -0.269 e. The molecule has 1 rings (SSSR count). The molecular formula is C6H9BrF4. The molecule has 0 aromatic heterocycles. The van der Waals surface area contributed by atoms with E-state index in [4.69, 9.17) is 0 Å². The second kappa shape index (κ2) is 12.1. The van der Waals surface area contributed by atoms with E-state index in [-0.39, 0.29) is 18.8 Å². The van der Waals surface area contributed by atoms with Crippen molar-refractivity contribution in [3.63, 3.8) is 0 Å². The largest absolute Gasteiger partial charge is 0.269 e. The zero-order valence-electron chi connectivity index (χ0n) is 5.40. The van der Waals surface area contributed by atoms with Gasteiger partial charge in [0.15, 0.2) is 0 Å². The van der Waals surface area contributed by atoms with Crippen LogP contribution in [0.2, 0.25) is 0 Å². The van der Waals surface area contributed by atoms with Gasteiger partial charge < -0.3 is 0 Å². The molecule has 0 heterocycles. The molecule has 0 bridgehead atoms. The summed E-state index contributed by atoms with van der Waals surface area (Å²) in [6.45, 7) is 0. The van der Waals surface area contributed by atoms with E-state index >= 15 is 0 Å². The average molecular weight is 237 g/mol. The second-order valence-corrected chi connectivity index (χ2v) is 2.21. The lowest BCUT2D eigenvalue weighted by atomic mass is 10.4. The van der Waals surface area contributed by atoms with Crippen molar-refractivity contribution in [2.24, 2.45) is 0 Å². The summed E-state index contributed by atoms with van der Waals surface area (Å²) < 4.78 is 1.13. The van der Waals surface area contributed by atoms with Crippen molar-refractivity contribution in [2.75, 3.05) is 0 Å². The molecule has 0 saturated carbocycles. The molecule has 5 heteroatoms. The Labute approximate surface area is 70.2 Å². The Balaban J connectivity index is -0.0000000612. The van der Waals surface area contributed by atoms with Crippen LogP contribution in [0.1, 0.15) is 0 Å². The van der Waals surface area contributed by atoms with Crippen LogP contribution in [0.4, 0.5) is 18.8 Å².